The maximum absolute atomic E-state index is 13.1. The highest BCUT2D eigenvalue weighted by molar-refractivity contribution is 6.01. The number of amides is 3. The molecule has 3 heterocycles. The number of likely N-dealkylation sites (tertiary alicyclic amines) is 1. The molecule has 2 N–H and O–H groups in total. The molecule has 0 unspecified atom stereocenters. The zero-order valence-electron chi connectivity index (χ0n) is 19.4. The Morgan fingerprint density at radius 1 is 1.12 bits per heavy atom. The van der Waals surface area contributed by atoms with Crippen molar-refractivity contribution in [3.8, 4) is 0 Å². The van der Waals surface area contributed by atoms with Gasteiger partial charge in [0.2, 0.25) is 5.91 Å². The van der Waals surface area contributed by atoms with Gasteiger partial charge in [-0.3, -0.25) is 19.1 Å². The van der Waals surface area contributed by atoms with Crippen LogP contribution in [0.4, 0.5) is 0 Å². The van der Waals surface area contributed by atoms with Gasteiger partial charge in [0, 0.05) is 32.2 Å². The van der Waals surface area contributed by atoms with Crippen molar-refractivity contribution in [2.45, 2.75) is 76.4 Å². The van der Waals surface area contributed by atoms with Gasteiger partial charge in [-0.1, -0.05) is 25.7 Å². The average Bonchev–Trinajstić information content (AvgIpc) is 3.36. The van der Waals surface area contributed by atoms with E-state index in [2.05, 4.69) is 20.6 Å². The van der Waals surface area contributed by atoms with Crippen LogP contribution in [0.15, 0.2) is 6.07 Å². The van der Waals surface area contributed by atoms with E-state index in [4.69, 9.17) is 0 Å². The summed E-state index contributed by atoms with van der Waals surface area (Å²) in [5.41, 5.74) is -0.478. The first-order valence-corrected chi connectivity index (χ1v) is 12.1. The molecule has 2 aliphatic heterocycles. The molecule has 1 atom stereocenters. The van der Waals surface area contributed by atoms with Crippen LogP contribution in [0.1, 0.15) is 79.3 Å². The zero-order valence-corrected chi connectivity index (χ0v) is 19.4. The van der Waals surface area contributed by atoms with Crippen LogP contribution in [0, 0.1) is 0 Å². The van der Waals surface area contributed by atoms with Crippen molar-refractivity contribution in [2.75, 3.05) is 33.2 Å². The first-order valence-electron chi connectivity index (χ1n) is 12.1. The summed E-state index contributed by atoms with van der Waals surface area (Å²) in [5.74, 6) is -0.740. The van der Waals surface area contributed by atoms with Crippen LogP contribution in [-0.4, -0.2) is 82.1 Å². The number of hydrogen-bond acceptors (Lipinski definition) is 5. The fourth-order valence-electron chi connectivity index (χ4n) is 5.03. The molecular formula is C23H36N6O3. The lowest BCUT2D eigenvalue weighted by atomic mass is 9.95. The molecule has 0 aromatic carbocycles. The third-order valence-corrected chi connectivity index (χ3v) is 7.33. The molecule has 1 saturated carbocycles. The van der Waals surface area contributed by atoms with Gasteiger partial charge in [0.15, 0.2) is 5.69 Å². The van der Waals surface area contributed by atoms with Crippen molar-refractivity contribution >= 4 is 17.7 Å². The quantitative estimate of drug-likeness (QED) is 0.691. The highest BCUT2D eigenvalue weighted by atomic mass is 16.2. The summed E-state index contributed by atoms with van der Waals surface area (Å²) in [6.45, 7) is 5.52. The topological polar surface area (TPSA) is 99.6 Å². The second-order valence-corrected chi connectivity index (χ2v) is 9.68. The van der Waals surface area contributed by atoms with Crippen molar-refractivity contribution in [1.82, 2.24) is 30.2 Å². The number of nitrogens with zero attached hydrogens (tertiary/aromatic N) is 4. The van der Waals surface area contributed by atoms with E-state index in [1.165, 1.54) is 41.3 Å². The second kappa shape index (κ2) is 9.60. The van der Waals surface area contributed by atoms with Gasteiger partial charge in [-0.05, 0) is 45.7 Å². The number of carbonyl (C=O) groups is 3. The fourth-order valence-corrected chi connectivity index (χ4v) is 5.03. The molecular weight excluding hydrogens is 408 g/mol. The number of carbonyl (C=O) groups excluding carboxylic acids is 3. The predicted molar refractivity (Wildman–Crippen MR) is 120 cm³/mol. The van der Waals surface area contributed by atoms with Crippen LogP contribution >= 0.6 is 0 Å². The van der Waals surface area contributed by atoms with E-state index in [9.17, 15) is 14.4 Å². The molecule has 1 aromatic rings. The minimum atomic E-state index is -1.04. The molecule has 32 heavy (non-hydrogen) atoms. The smallest absolute Gasteiger partial charge is 0.272 e. The number of likely N-dealkylation sites (N-methyl/N-ethyl adjacent to an activating group) is 1. The van der Waals surface area contributed by atoms with Gasteiger partial charge in [-0.2, -0.15) is 5.10 Å². The van der Waals surface area contributed by atoms with Gasteiger partial charge in [-0.15, -0.1) is 0 Å². The lowest BCUT2D eigenvalue weighted by Gasteiger charge is -2.41. The van der Waals surface area contributed by atoms with Crippen molar-refractivity contribution in [3.05, 3.63) is 17.5 Å². The Hall–Kier alpha value is -2.42. The van der Waals surface area contributed by atoms with Crippen LogP contribution < -0.4 is 10.6 Å². The van der Waals surface area contributed by atoms with Gasteiger partial charge in [0.1, 0.15) is 11.2 Å². The van der Waals surface area contributed by atoms with Gasteiger partial charge < -0.3 is 20.4 Å². The maximum atomic E-state index is 13.1. The number of rotatable bonds is 6. The van der Waals surface area contributed by atoms with E-state index in [0.29, 0.717) is 12.2 Å². The van der Waals surface area contributed by atoms with Crippen LogP contribution in [0.25, 0.3) is 0 Å². The molecule has 0 radical (unpaired) electrons. The average molecular weight is 445 g/mol. The summed E-state index contributed by atoms with van der Waals surface area (Å²) in [7, 11) is 1.65. The molecule has 3 aliphatic rings. The standard InChI is InChI=1S/C23H36N6O3/c1-23(22(32)25-17-9-5-6-10-17)16-29-19(21(31)27(23)2)15-18(26-29)20(30)24-11-14-28-12-7-3-4-8-13-28/h15,17H,3-14,16H2,1-2H3,(H,24,30)(H,25,32)/t23-/m1/s1. The molecule has 2 fully saturated rings. The van der Waals surface area contributed by atoms with E-state index in [-0.39, 0.29) is 36.0 Å². The first kappa shape index (κ1) is 22.8. The summed E-state index contributed by atoms with van der Waals surface area (Å²) in [5, 5.41) is 10.4. The molecule has 9 heteroatoms. The Labute approximate surface area is 189 Å². The molecule has 1 aromatic heterocycles. The lowest BCUT2D eigenvalue weighted by Crippen LogP contribution is -2.63. The van der Waals surface area contributed by atoms with Crippen molar-refractivity contribution in [3.63, 3.8) is 0 Å². The maximum Gasteiger partial charge on any atom is 0.272 e. The van der Waals surface area contributed by atoms with E-state index in [1.54, 1.807) is 14.0 Å². The van der Waals surface area contributed by atoms with Crippen molar-refractivity contribution in [1.29, 1.82) is 0 Å². The highest BCUT2D eigenvalue weighted by Gasteiger charge is 2.46. The summed E-state index contributed by atoms with van der Waals surface area (Å²) in [6.07, 6.45) is 9.19. The fraction of sp³-hybridized carbons (Fsp3) is 0.739. The number of nitrogens with one attached hydrogen (secondary N) is 2. The minimum absolute atomic E-state index is 0.162. The molecule has 3 amide bonds. The first-order chi connectivity index (χ1) is 15.4. The molecule has 0 bridgehead atoms. The Morgan fingerprint density at radius 3 is 2.50 bits per heavy atom. The van der Waals surface area contributed by atoms with E-state index >= 15 is 0 Å². The summed E-state index contributed by atoms with van der Waals surface area (Å²) >= 11 is 0. The van der Waals surface area contributed by atoms with Crippen LogP contribution in [0.5, 0.6) is 0 Å². The summed E-state index contributed by atoms with van der Waals surface area (Å²) in [6, 6.07) is 1.71. The number of fused-ring (bicyclic) bond motifs is 1. The van der Waals surface area contributed by atoms with Gasteiger partial charge in [-0.25, -0.2) is 0 Å². The lowest BCUT2D eigenvalue weighted by molar-refractivity contribution is -0.133. The molecule has 9 nitrogen and oxygen atoms in total. The molecule has 1 aliphatic carbocycles. The minimum Gasteiger partial charge on any atom is -0.351 e. The zero-order chi connectivity index (χ0) is 22.7. The van der Waals surface area contributed by atoms with E-state index in [0.717, 1.165) is 45.3 Å². The third kappa shape index (κ3) is 4.67. The Kier molecular flexibility index (Phi) is 6.83. The van der Waals surface area contributed by atoms with Crippen LogP contribution in [-0.2, 0) is 11.3 Å². The van der Waals surface area contributed by atoms with Gasteiger partial charge in [0.25, 0.3) is 11.8 Å². The normalized spacial score (nSPS) is 24.8. The van der Waals surface area contributed by atoms with Gasteiger partial charge >= 0.3 is 0 Å². The van der Waals surface area contributed by atoms with Crippen molar-refractivity contribution < 1.29 is 14.4 Å². The summed E-state index contributed by atoms with van der Waals surface area (Å²) < 4.78 is 1.51. The Morgan fingerprint density at radius 2 is 1.81 bits per heavy atom. The predicted octanol–water partition coefficient (Wildman–Crippen LogP) is 1.39. The van der Waals surface area contributed by atoms with Gasteiger partial charge in [0.05, 0.1) is 6.54 Å². The second-order valence-electron chi connectivity index (χ2n) is 9.68. The monoisotopic (exact) mass is 444 g/mol. The highest BCUT2D eigenvalue weighted by Crippen LogP contribution is 2.27. The van der Waals surface area contributed by atoms with Crippen LogP contribution in [0.3, 0.4) is 0 Å². The largest absolute Gasteiger partial charge is 0.351 e. The molecule has 176 valence electrons. The summed E-state index contributed by atoms with van der Waals surface area (Å²) in [4.78, 5) is 42.6. The SMILES string of the molecule is CN1C(=O)c2cc(C(=O)NCCN3CCCCCC3)nn2C[C@]1(C)C(=O)NC1CCCC1. The van der Waals surface area contributed by atoms with Crippen molar-refractivity contribution in [2.24, 2.45) is 0 Å². The Balaban J connectivity index is 1.39. The number of hydrogen-bond donors (Lipinski definition) is 2. The Bertz CT molecular complexity index is 854. The van der Waals surface area contributed by atoms with Crippen LogP contribution in [0.2, 0.25) is 0 Å². The third-order valence-electron chi connectivity index (χ3n) is 7.33. The molecule has 0 spiro atoms. The molecule has 4 rings (SSSR count). The molecule has 1 saturated heterocycles. The number of aromatic nitrogens is 2. The van der Waals surface area contributed by atoms with E-state index in [1.807, 2.05) is 0 Å². The van der Waals surface area contributed by atoms with E-state index < -0.39 is 5.54 Å².